The zero-order valence-corrected chi connectivity index (χ0v) is 11.6. The van der Waals surface area contributed by atoms with Gasteiger partial charge in [0.05, 0.1) is 0 Å². The topological polar surface area (TPSA) is 14.2 Å². The van der Waals surface area contributed by atoms with Crippen molar-refractivity contribution in [2.45, 2.75) is 13.5 Å². The van der Waals surface area contributed by atoms with Crippen LogP contribution < -0.4 is 4.74 Å². The fourth-order valence-electron chi connectivity index (χ4n) is 2.41. The van der Waals surface area contributed by atoms with E-state index in [1.165, 1.54) is 28.6 Å². The highest BCUT2D eigenvalue weighted by Gasteiger charge is 2.07. The summed E-state index contributed by atoms with van der Waals surface area (Å²) < 4.78 is 20.9. The Hall–Kier alpha value is -2.29. The minimum atomic E-state index is -0.281. The third kappa shape index (κ3) is 2.39. The molecule has 0 aliphatic rings. The Morgan fingerprint density at radius 1 is 1.15 bits per heavy atom. The Bertz CT molecular complexity index is 761. The number of benzene rings is 2. The van der Waals surface area contributed by atoms with Gasteiger partial charge in [0.2, 0.25) is 0 Å². The van der Waals surface area contributed by atoms with Gasteiger partial charge >= 0.3 is 0 Å². The molecule has 0 saturated heterocycles. The van der Waals surface area contributed by atoms with Crippen molar-refractivity contribution in [3.63, 3.8) is 0 Å². The van der Waals surface area contributed by atoms with E-state index in [9.17, 15) is 4.39 Å². The third-order valence-electron chi connectivity index (χ3n) is 3.42. The van der Waals surface area contributed by atoms with E-state index in [0.717, 1.165) is 5.56 Å². The van der Waals surface area contributed by atoms with Gasteiger partial charge < -0.3 is 9.30 Å². The molecule has 3 rings (SSSR count). The number of hydrogen-bond donors (Lipinski definition) is 0. The molecule has 1 heterocycles. The summed E-state index contributed by atoms with van der Waals surface area (Å²) in [4.78, 5) is 0. The minimum absolute atomic E-state index is 0.281. The van der Waals surface area contributed by atoms with Crippen LogP contribution in [0.4, 0.5) is 4.39 Å². The van der Waals surface area contributed by atoms with Crippen LogP contribution in [-0.2, 0) is 13.7 Å². The number of nitrogens with zero attached hydrogens (tertiary/aromatic N) is 1. The zero-order valence-electron chi connectivity index (χ0n) is 11.6. The Labute approximate surface area is 117 Å². The van der Waals surface area contributed by atoms with E-state index < -0.39 is 0 Å². The number of fused-ring (bicyclic) bond motifs is 1. The predicted octanol–water partition coefficient (Wildman–Crippen LogP) is 4.20. The molecule has 0 spiro atoms. The van der Waals surface area contributed by atoms with Crippen LogP contribution >= 0.6 is 0 Å². The smallest absolute Gasteiger partial charge is 0.126 e. The maximum atomic E-state index is 13.1. The van der Waals surface area contributed by atoms with Gasteiger partial charge in [0.15, 0.2) is 0 Å². The van der Waals surface area contributed by atoms with E-state index >= 15 is 0 Å². The summed E-state index contributed by atoms with van der Waals surface area (Å²) in [5, 5.41) is 1.18. The molecule has 0 aliphatic heterocycles. The van der Waals surface area contributed by atoms with E-state index in [4.69, 9.17) is 4.74 Å². The molecule has 3 heteroatoms. The summed E-state index contributed by atoms with van der Waals surface area (Å²) in [6, 6.07) is 12.6. The lowest BCUT2D eigenvalue weighted by atomic mass is 10.1. The molecule has 3 aromatic rings. The number of hydrogen-bond acceptors (Lipinski definition) is 1. The van der Waals surface area contributed by atoms with Crippen molar-refractivity contribution in [2.24, 2.45) is 7.05 Å². The van der Waals surface area contributed by atoms with Crippen LogP contribution in [-0.4, -0.2) is 4.57 Å². The Kier molecular flexibility index (Phi) is 3.18. The van der Waals surface area contributed by atoms with Crippen molar-refractivity contribution >= 4 is 10.9 Å². The van der Waals surface area contributed by atoms with Crippen molar-refractivity contribution in [1.82, 2.24) is 4.57 Å². The van der Waals surface area contributed by atoms with Crippen molar-refractivity contribution in [2.75, 3.05) is 0 Å². The molecule has 20 heavy (non-hydrogen) atoms. The molecule has 2 aromatic carbocycles. The van der Waals surface area contributed by atoms with E-state index in [2.05, 4.69) is 35.9 Å². The molecule has 0 radical (unpaired) electrons. The van der Waals surface area contributed by atoms with Gasteiger partial charge in [-0.15, -0.1) is 0 Å². The molecule has 102 valence electrons. The fourth-order valence-corrected chi connectivity index (χ4v) is 2.41. The van der Waals surface area contributed by atoms with Crippen molar-refractivity contribution < 1.29 is 9.13 Å². The van der Waals surface area contributed by atoms with Gasteiger partial charge in [-0.3, -0.25) is 0 Å². The molecule has 1 aromatic heterocycles. The highest BCUT2D eigenvalue weighted by atomic mass is 19.1. The Morgan fingerprint density at radius 2 is 2.00 bits per heavy atom. The highest BCUT2D eigenvalue weighted by molar-refractivity contribution is 5.84. The van der Waals surface area contributed by atoms with Crippen LogP contribution in [0.15, 0.2) is 48.7 Å². The largest absolute Gasteiger partial charge is 0.489 e. The number of aryl methyl sites for hydroxylation is 2. The normalized spacial score (nSPS) is 10.9. The van der Waals surface area contributed by atoms with Crippen molar-refractivity contribution in [3.8, 4) is 5.75 Å². The molecular weight excluding hydrogens is 253 g/mol. The summed E-state index contributed by atoms with van der Waals surface area (Å²) in [6.45, 7) is 2.51. The number of halogens is 1. The van der Waals surface area contributed by atoms with Gasteiger partial charge in [-0.25, -0.2) is 4.39 Å². The second-order valence-corrected chi connectivity index (χ2v) is 5.03. The molecule has 0 atom stereocenters. The molecular formula is C17H16FNO. The highest BCUT2D eigenvalue weighted by Crippen LogP contribution is 2.23. The summed E-state index contributed by atoms with van der Waals surface area (Å²) in [7, 11) is 2.02. The van der Waals surface area contributed by atoms with E-state index in [0.29, 0.717) is 12.4 Å². The quantitative estimate of drug-likeness (QED) is 0.695. The Balaban J connectivity index is 1.88. The molecule has 2 nitrogen and oxygen atoms in total. The van der Waals surface area contributed by atoms with E-state index in [1.807, 2.05) is 7.05 Å². The minimum Gasteiger partial charge on any atom is -0.489 e. The van der Waals surface area contributed by atoms with Crippen LogP contribution in [0.2, 0.25) is 0 Å². The average molecular weight is 269 g/mol. The lowest BCUT2D eigenvalue weighted by Crippen LogP contribution is -1.95. The lowest BCUT2D eigenvalue weighted by Gasteiger charge is -2.05. The van der Waals surface area contributed by atoms with Gasteiger partial charge in [-0.1, -0.05) is 18.2 Å². The molecule has 0 aliphatic carbocycles. The van der Waals surface area contributed by atoms with E-state index in [1.54, 1.807) is 12.1 Å². The third-order valence-corrected chi connectivity index (χ3v) is 3.42. The first-order valence-electron chi connectivity index (χ1n) is 6.56. The van der Waals surface area contributed by atoms with Crippen LogP contribution in [0.3, 0.4) is 0 Å². The van der Waals surface area contributed by atoms with Gasteiger partial charge in [0.1, 0.15) is 18.2 Å². The standard InChI is InChI=1S/C17H16FNO/c1-12-6-7-16-13(10-19(2)17(16)8-12)11-20-15-5-3-4-14(18)9-15/h3-10H,11H2,1-2H3. The summed E-state index contributed by atoms with van der Waals surface area (Å²) >= 11 is 0. The number of aromatic nitrogens is 1. The van der Waals surface area contributed by atoms with Gasteiger partial charge in [0, 0.05) is 35.8 Å². The predicted molar refractivity (Wildman–Crippen MR) is 78.4 cm³/mol. The zero-order chi connectivity index (χ0) is 14.1. The van der Waals surface area contributed by atoms with Crippen LogP contribution in [0.5, 0.6) is 5.75 Å². The molecule has 0 bridgehead atoms. The Morgan fingerprint density at radius 3 is 2.80 bits per heavy atom. The second-order valence-electron chi connectivity index (χ2n) is 5.03. The number of ether oxygens (including phenoxy) is 1. The average Bonchev–Trinajstić information content (AvgIpc) is 2.73. The van der Waals surface area contributed by atoms with E-state index in [-0.39, 0.29) is 5.82 Å². The van der Waals surface area contributed by atoms with Gasteiger partial charge in [-0.05, 0) is 30.7 Å². The molecule has 0 unspecified atom stereocenters. The van der Waals surface area contributed by atoms with Crippen molar-refractivity contribution in [3.05, 3.63) is 65.6 Å². The molecule has 0 amide bonds. The molecule has 0 N–H and O–H groups in total. The van der Waals surface area contributed by atoms with Crippen LogP contribution in [0, 0.1) is 12.7 Å². The fraction of sp³-hybridized carbons (Fsp3) is 0.176. The molecule has 0 saturated carbocycles. The van der Waals surface area contributed by atoms with Gasteiger partial charge in [-0.2, -0.15) is 0 Å². The van der Waals surface area contributed by atoms with Crippen molar-refractivity contribution in [1.29, 1.82) is 0 Å². The summed E-state index contributed by atoms with van der Waals surface area (Å²) in [5.74, 6) is 0.269. The maximum Gasteiger partial charge on any atom is 0.126 e. The maximum absolute atomic E-state index is 13.1. The monoisotopic (exact) mass is 269 g/mol. The lowest BCUT2D eigenvalue weighted by molar-refractivity contribution is 0.306. The first-order valence-corrected chi connectivity index (χ1v) is 6.56. The number of rotatable bonds is 3. The first-order chi connectivity index (χ1) is 9.63. The SMILES string of the molecule is Cc1ccc2c(COc3cccc(F)c3)cn(C)c2c1. The van der Waals surface area contributed by atoms with Gasteiger partial charge in [0.25, 0.3) is 0 Å². The molecule has 0 fully saturated rings. The van der Waals surface area contributed by atoms with Crippen LogP contribution in [0.25, 0.3) is 10.9 Å². The first kappa shape index (κ1) is 12.7. The summed E-state index contributed by atoms with van der Waals surface area (Å²) in [5.41, 5.74) is 3.52. The second kappa shape index (κ2) is 5.00. The summed E-state index contributed by atoms with van der Waals surface area (Å²) in [6.07, 6.45) is 2.06. The van der Waals surface area contributed by atoms with Crippen LogP contribution in [0.1, 0.15) is 11.1 Å².